The van der Waals surface area contributed by atoms with Gasteiger partial charge in [-0.3, -0.25) is 0 Å². The lowest BCUT2D eigenvalue weighted by Gasteiger charge is -2.26. The van der Waals surface area contributed by atoms with Crippen LogP contribution in [0.15, 0.2) is 10.2 Å². The lowest BCUT2D eigenvalue weighted by atomic mass is 9.94. The zero-order valence-corrected chi connectivity index (χ0v) is 11.6. The Bertz CT molecular complexity index is 243. The van der Waals surface area contributed by atoms with Gasteiger partial charge in [-0.15, -0.1) is 0 Å². The third kappa shape index (κ3) is 5.60. The van der Waals surface area contributed by atoms with Gasteiger partial charge in [-0.25, -0.2) is 4.39 Å². The van der Waals surface area contributed by atoms with Crippen molar-refractivity contribution < 1.29 is 4.39 Å². The Labute approximate surface area is 105 Å². The van der Waals surface area contributed by atoms with Gasteiger partial charge < -0.3 is 0 Å². The van der Waals surface area contributed by atoms with Gasteiger partial charge in [0.05, 0.1) is 5.54 Å². The summed E-state index contributed by atoms with van der Waals surface area (Å²) in [5.74, 6) is -1.36. The minimum atomic E-state index is -1.36. The van der Waals surface area contributed by atoms with Crippen LogP contribution in [0.5, 0.6) is 0 Å². The van der Waals surface area contributed by atoms with E-state index in [1.54, 1.807) is 0 Å². The lowest BCUT2D eigenvalue weighted by molar-refractivity contribution is 0.104. The summed E-state index contributed by atoms with van der Waals surface area (Å²) < 4.78 is 14.2. The van der Waals surface area contributed by atoms with Gasteiger partial charge in [0.2, 0.25) is 5.79 Å². The standard InChI is InChI=1S/C14H27FN2/c1-4-5-7-10-13(2,3)16-17-14(15)11-8-6-9-12-14/h4-12H2,1-3H3. The van der Waals surface area contributed by atoms with E-state index in [1.165, 1.54) is 12.8 Å². The summed E-state index contributed by atoms with van der Waals surface area (Å²) in [5, 5.41) is 8.30. The molecule has 0 aromatic rings. The van der Waals surface area contributed by atoms with E-state index in [4.69, 9.17) is 0 Å². The van der Waals surface area contributed by atoms with Gasteiger partial charge in [-0.1, -0.05) is 32.6 Å². The third-order valence-corrected chi connectivity index (χ3v) is 3.51. The summed E-state index contributed by atoms with van der Waals surface area (Å²) in [5.41, 5.74) is -0.203. The van der Waals surface area contributed by atoms with Crippen LogP contribution in [0, 0.1) is 0 Å². The van der Waals surface area contributed by atoms with Crippen LogP contribution in [0.3, 0.4) is 0 Å². The van der Waals surface area contributed by atoms with Crippen molar-refractivity contribution in [3.05, 3.63) is 0 Å². The minimum Gasteiger partial charge on any atom is -0.216 e. The highest BCUT2D eigenvalue weighted by atomic mass is 19.1. The highest BCUT2D eigenvalue weighted by Gasteiger charge is 2.32. The van der Waals surface area contributed by atoms with Gasteiger partial charge >= 0.3 is 0 Å². The number of hydrogen-bond donors (Lipinski definition) is 0. The molecule has 0 aromatic carbocycles. The molecule has 100 valence electrons. The first-order valence-electron chi connectivity index (χ1n) is 7.10. The van der Waals surface area contributed by atoms with Gasteiger partial charge in [0.25, 0.3) is 0 Å². The van der Waals surface area contributed by atoms with Crippen LogP contribution in [0.2, 0.25) is 0 Å². The normalized spacial score (nSPS) is 20.9. The smallest absolute Gasteiger partial charge is 0.216 e. The number of rotatable bonds is 6. The minimum absolute atomic E-state index is 0.203. The molecule has 17 heavy (non-hydrogen) atoms. The van der Waals surface area contributed by atoms with Crippen LogP contribution in [0.25, 0.3) is 0 Å². The van der Waals surface area contributed by atoms with E-state index >= 15 is 0 Å². The van der Waals surface area contributed by atoms with Gasteiger partial charge in [0.1, 0.15) is 0 Å². The molecular formula is C14H27FN2. The predicted octanol–water partition coefficient (Wildman–Crippen LogP) is 5.43. The Morgan fingerprint density at radius 2 is 1.76 bits per heavy atom. The Morgan fingerprint density at radius 1 is 1.12 bits per heavy atom. The topological polar surface area (TPSA) is 24.7 Å². The Kier molecular flexibility index (Phi) is 5.54. The maximum Gasteiger partial charge on any atom is 0.219 e. The van der Waals surface area contributed by atoms with Crippen molar-refractivity contribution in [3.8, 4) is 0 Å². The van der Waals surface area contributed by atoms with Crippen molar-refractivity contribution in [2.45, 2.75) is 89.9 Å². The largest absolute Gasteiger partial charge is 0.219 e. The van der Waals surface area contributed by atoms with Crippen molar-refractivity contribution in [1.82, 2.24) is 0 Å². The molecule has 1 saturated carbocycles. The van der Waals surface area contributed by atoms with Crippen LogP contribution in [-0.2, 0) is 0 Å². The number of hydrogen-bond acceptors (Lipinski definition) is 2. The van der Waals surface area contributed by atoms with E-state index in [0.717, 1.165) is 32.1 Å². The fourth-order valence-electron chi connectivity index (χ4n) is 2.28. The van der Waals surface area contributed by atoms with Crippen molar-refractivity contribution in [2.75, 3.05) is 0 Å². The Balaban J connectivity index is 2.43. The van der Waals surface area contributed by atoms with Gasteiger partial charge in [-0.05, 0) is 33.1 Å². The van der Waals surface area contributed by atoms with E-state index in [0.29, 0.717) is 12.8 Å². The number of halogens is 1. The first kappa shape index (κ1) is 14.6. The average molecular weight is 242 g/mol. The molecular weight excluding hydrogens is 215 g/mol. The first-order chi connectivity index (χ1) is 7.97. The molecule has 0 N–H and O–H groups in total. The molecule has 2 nitrogen and oxygen atoms in total. The van der Waals surface area contributed by atoms with Crippen molar-refractivity contribution in [1.29, 1.82) is 0 Å². The van der Waals surface area contributed by atoms with Crippen molar-refractivity contribution in [2.24, 2.45) is 10.2 Å². The summed E-state index contributed by atoms with van der Waals surface area (Å²) in [6.45, 7) is 6.30. The summed E-state index contributed by atoms with van der Waals surface area (Å²) in [4.78, 5) is 0. The van der Waals surface area contributed by atoms with E-state index < -0.39 is 5.79 Å². The molecule has 1 rings (SSSR count). The fraction of sp³-hybridized carbons (Fsp3) is 1.00. The average Bonchev–Trinajstić information content (AvgIpc) is 2.28. The van der Waals surface area contributed by atoms with Crippen LogP contribution >= 0.6 is 0 Å². The van der Waals surface area contributed by atoms with Crippen LogP contribution < -0.4 is 0 Å². The molecule has 0 aliphatic heterocycles. The van der Waals surface area contributed by atoms with Gasteiger partial charge in [0.15, 0.2) is 0 Å². The van der Waals surface area contributed by atoms with Crippen LogP contribution in [0.1, 0.15) is 78.6 Å². The Morgan fingerprint density at radius 3 is 2.35 bits per heavy atom. The van der Waals surface area contributed by atoms with Crippen LogP contribution in [0.4, 0.5) is 4.39 Å². The SMILES string of the molecule is CCCCCC(C)(C)N=NC1(F)CCCCC1. The number of nitrogens with zero attached hydrogens (tertiary/aromatic N) is 2. The van der Waals surface area contributed by atoms with E-state index in [1.807, 2.05) is 0 Å². The van der Waals surface area contributed by atoms with Crippen molar-refractivity contribution >= 4 is 0 Å². The monoisotopic (exact) mass is 242 g/mol. The van der Waals surface area contributed by atoms with Gasteiger partial charge in [0, 0.05) is 12.8 Å². The lowest BCUT2D eigenvalue weighted by Crippen LogP contribution is -2.25. The van der Waals surface area contributed by atoms with E-state index in [-0.39, 0.29) is 5.54 Å². The molecule has 0 atom stereocenters. The maximum atomic E-state index is 14.2. The third-order valence-electron chi connectivity index (χ3n) is 3.51. The van der Waals surface area contributed by atoms with Gasteiger partial charge in [-0.2, -0.15) is 10.2 Å². The molecule has 3 heteroatoms. The molecule has 0 heterocycles. The maximum absolute atomic E-state index is 14.2. The van der Waals surface area contributed by atoms with Crippen LogP contribution in [-0.4, -0.2) is 11.3 Å². The summed E-state index contributed by atoms with van der Waals surface area (Å²) in [6.07, 6.45) is 8.74. The molecule has 1 aliphatic carbocycles. The number of unbranched alkanes of at least 4 members (excludes halogenated alkanes) is 2. The summed E-state index contributed by atoms with van der Waals surface area (Å²) in [6, 6.07) is 0. The first-order valence-corrected chi connectivity index (χ1v) is 7.10. The summed E-state index contributed by atoms with van der Waals surface area (Å²) >= 11 is 0. The molecule has 0 radical (unpaired) electrons. The molecule has 0 bridgehead atoms. The zero-order valence-electron chi connectivity index (χ0n) is 11.6. The molecule has 1 aliphatic rings. The zero-order chi connectivity index (χ0) is 12.8. The summed E-state index contributed by atoms with van der Waals surface area (Å²) in [7, 11) is 0. The molecule has 0 spiro atoms. The number of azo groups is 1. The highest BCUT2D eigenvalue weighted by molar-refractivity contribution is 4.82. The second kappa shape index (κ2) is 6.46. The predicted molar refractivity (Wildman–Crippen MR) is 70.0 cm³/mol. The van der Waals surface area contributed by atoms with E-state index in [9.17, 15) is 4.39 Å². The molecule has 0 unspecified atom stereocenters. The molecule has 1 fully saturated rings. The Hall–Kier alpha value is -0.470. The molecule has 0 saturated heterocycles. The van der Waals surface area contributed by atoms with E-state index in [2.05, 4.69) is 31.0 Å². The quantitative estimate of drug-likeness (QED) is 0.337. The second-order valence-electron chi connectivity index (χ2n) is 5.95. The fourth-order valence-corrected chi connectivity index (χ4v) is 2.28. The molecule has 0 aromatic heterocycles. The number of alkyl halides is 1. The van der Waals surface area contributed by atoms with Crippen molar-refractivity contribution in [3.63, 3.8) is 0 Å². The highest BCUT2D eigenvalue weighted by Crippen LogP contribution is 2.34. The second-order valence-corrected chi connectivity index (χ2v) is 5.95. The molecule has 0 amide bonds.